The van der Waals surface area contributed by atoms with Crippen molar-refractivity contribution in [2.24, 2.45) is 16.1 Å². The van der Waals surface area contributed by atoms with Gasteiger partial charge in [0, 0.05) is 40.2 Å². The van der Waals surface area contributed by atoms with E-state index in [1.54, 1.807) is 12.1 Å². The Labute approximate surface area is 180 Å². The Morgan fingerprint density at radius 2 is 1.65 bits per heavy atom. The molecule has 0 radical (unpaired) electrons. The lowest BCUT2D eigenvalue weighted by molar-refractivity contribution is -0.384. The molecular weight excluding hydrogens is 390 g/mol. The number of hydrogen-bond donors (Lipinski definition) is 2. The summed E-state index contributed by atoms with van der Waals surface area (Å²) in [5, 5.41) is 29.3. The SMILES string of the molecule is CC1(C2CCCCC2)Nc2cccc3c(/N=N/c4ccc([N+](=O)[O-])cc4)ccc(c23)N1. The predicted molar refractivity (Wildman–Crippen MR) is 123 cm³/mol. The Morgan fingerprint density at radius 1 is 0.935 bits per heavy atom. The first kappa shape index (κ1) is 19.5. The first-order valence-electron chi connectivity index (χ1n) is 10.8. The molecule has 0 bridgehead atoms. The molecule has 1 saturated carbocycles. The van der Waals surface area contributed by atoms with E-state index in [0.717, 1.165) is 27.8 Å². The molecule has 0 aromatic heterocycles. The van der Waals surface area contributed by atoms with Gasteiger partial charge in [-0.15, -0.1) is 5.11 Å². The van der Waals surface area contributed by atoms with Crippen molar-refractivity contribution in [3.63, 3.8) is 0 Å². The van der Waals surface area contributed by atoms with Crippen molar-refractivity contribution in [1.29, 1.82) is 0 Å². The fraction of sp³-hybridized carbons (Fsp3) is 0.333. The molecule has 0 spiro atoms. The van der Waals surface area contributed by atoms with E-state index >= 15 is 0 Å². The summed E-state index contributed by atoms with van der Waals surface area (Å²) in [6.07, 6.45) is 6.40. The molecule has 3 aromatic rings. The van der Waals surface area contributed by atoms with Crippen LogP contribution in [0.4, 0.5) is 28.4 Å². The number of nitrogens with one attached hydrogen (secondary N) is 2. The predicted octanol–water partition coefficient (Wildman–Crippen LogP) is 7.30. The summed E-state index contributed by atoms with van der Waals surface area (Å²) in [5.41, 5.74) is 3.46. The Morgan fingerprint density at radius 3 is 2.35 bits per heavy atom. The lowest BCUT2D eigenvalue weighted by atomic mass is 9.79. The van der Waals surface area contributed by atoms with Gasteiger partial charge in [-0.1, -0.05) is 31.4 Å². The van der Waals surface area contributed by atoms with Crippen molar-refractivity contribution in [3.8, 4) is 0 Å². The standard InChI is InChI=1S/C24H25N5O2/c1-24(16-6-3-2-4-7-16)25-21-9-5-8-19-20(14-15-22(26-24)23(19)21)28-27-17-10-12-18(13-11-17)29(30)31/h5,8-16,25-26H,2-4,6-7H2,1H3/b28-27+. The van der Waals surface area contributed by atoms with Crippen molar-refractivity contribution >= 4 is 39.2 Å². The maximum absolute atomic E-state index is 10.8. The van der Waals surface area contributed by atoms with Gasteiger partial charge in [0.25, 0.3) is 5.69 Å². The molecule has 1 atom stereocenters. The second-order valence-electron chi connectivity index (χ2n) is 8.62. The zero-order chi connectivity index (χ0) is 21.4. The molecule has 1 aliphatic heterocycles. The normalized spacial score (nSPS) is 21.1. The van der Waals surface area contributed by atoms with Crippen LogP contribution in [0.1, 0.15) is 39.0 Å². The van der Waals surface area contributed by atoms with Gasteiger partial charge in [0.1, 0.15) is 5.66 Å². The minimum atomic E-state index is -0.422. The highest BCUT2D eigenvalue weighted by Gasteiger charge is 2.38. The van der Waals surface area contributed by atoms with Gasteiger partial charge in [-0.3, -0.25) is 10.1 Å². The minimum Gasteiger partial charge on any atom is -0.362 e. The van der Waals surface area contributed by atoms with E-state index in [4.69, 9.17) is 0 Å². The average molecular weight is 415 g/mol. The molecule has 0 saturated heterocycles. The van der Waals surface area contributed by atoms with E-state index in [2.05, 4.69) is 46.0 Å². The van der Waals surface area contributed by atoms with Gasteiger partial charge >= 0.3 is 0 Å². The zero-order valence-corrected chi connectivity index (χ0v) is 17.5. The van der Waals surface area contributed by atoms with E-state index in [1.807, 2.05) is 12.1 Å². The van der Waals surface area contributed by atoms with Crippen LogP contribution in [-0.2, 0) is 0 Å². The number of non-ortho nitro benzene ring substituents is 1. The topological polar surface area (TPSA) is 91.9 Å². The van der Waals surface area contributed by atoms with Gasteiger partial charge in [0.2, 0.25) is 0 Å². The summed E-state index contributed by atoms with van der Waals surface area (Å²) in [6.45, 7) is 2.27. The fourth-order valence-corrected chi connectivity index (χ4v) is 4.91. The maximum Gasteiger partial charge on any atom is 0.269 e. The smallest absolute Gasteiger partial charge is 0.269 e. The minimum absolute atomic E-state index is 0.0405. The Bertz CT molecular complexity index is 1150. The van der Waals surface area contributed by atoms with Crippen molar-refractivity contribution in [2.75, 3.05) is 10.6 Å². The molecule has 5 rings (SSSR count). The zero-order valence-electron chi connectivity index (χ0n) is 17.5. The lowest BCUT2D eigenvalue weighted by Gasteiger charge is -2.45. The van der Waals surface area contributed by atoms with Crippen LogP contribution in [0.3, 0.4) is 0 Å². The summed E-state index contributed by atoms with van der Waals surface area (Å²) in [7, 11) is 0. The van der Waals surface area contributed by atoms with Gasteiger partial charge in [0.05, 0.1) is 16.3 Å². The number of azo groups is 1. The quantitative estimate of drug-likeness (QED) is 0.266. The van der Waals surface area contributed by atoms with E-state index < -0.39 is 4.92 Å². The van der Waals surface area contributed by atoms with Crippen LogP contribution in [0.5, 0.6) is 0 Å². The van der Waals surface area contributed by atoms with E-state index in [-0.39, 0.29) is 11.4 Å². The monoisotopic (exact) mass is 415 g/mol. The first-order chi connectivity index (χ1) is 15.0. The fourth-order valence-electron chi connectivity index (χ4n) is 4.91. The molecule has 1 aliphatic carbocycles. The summed E-state index contributed by atoms with van der Waals surface area (Å²) in [5.74, 6) is 0.589. The van der Waals surface area contributed by atoms with Crippen LogP contribution < -0.4 is 10.6 Å². The molecule has 158 valence electrons. The highest BCUT2D eigenvalue weighted by atomic mass is 16.6. The van der Waals surface area contributed by atoms with Gasteiger partial charge < -0.3 is 10.6 Å². The second kappa shape index (κ2) is 7.65. The highest BCUT2D eigenvalue weighted by molar-refractivity contribution is 6.09. The molecule has 1 fully saturated rings. The molecule has 3 aromatic carbocycles. The number of nitro groups is 1. The number of rotatable bonds is 4. The van der Waals surface area contributed by atoms with Crippen LogP contribution in [0, 0.1) is 16.0 Å². The summed E-state index contributed by atoms with van der Waals surface area (Å²) in [6, 6.07) is 16.4. The van der Waals surface area contributed by atoms with Crippen LogP contribution in [0.15, 0.2) is 64.8 Å². The summed E-state index contributed by atoms with van der Waals surface area (Å²) in [4.78, 5) is 10.4. The molecule has 31 heavy (non-hydrogen) atoms. The van der Waals surface area contributed by atoms with Crippen molar-refractivity contribution in [3.05, 3.63) is 64.7 Å². The van der Waals surface area contributed by atoms with Gasteiger partial charge in [0.15, 0.2) is 0 Å². The number of nitro benzene ring substituents is 1. The average Bonchev–Trinajstić information content (AvgIpc) is 2.79. The van der Waals surface area contributed by atoms with Crippen LogP contribution in [0.2, 0.25) is 0 Å². The number of hydrogen-bond acceptors (Lipinski definition) is 6. The van der Waals surface area contributed by atoms with Gasteiger partial charge in [-0.2, -0.15) is 5.11 Å². The molecule has 7 nitrogen and oxygen atoms in total. The molecule has 2 N–H and O–H groups in total. The van der Waals surface area contributed by atoms with E-state index in [0.29, 0.717) is 11.6 Å². The summed E-state index contributed by atoms with van der Waals surface area (Å²) >= 11 is 0. The van der Waals surface area contributed by atoms with Gasteiger partial charge in [-0.25, -0.2) is 0 Å². The molecule has 1 unspecified atom stereocenters. The molecule has 7 heteroatoms. The lowest BCUT2D eigenvalue weighted by Crippen LogP contribution is -2.52. The third-order valence-corrected chi connectivity index (χ3v) is 6.56. The second-order valence-corrected chi connectivity index (χ2v) is 8.62. The van der Waals surface area contributed by atoms with E-state index in [9.17, 15) is 10.1 Å². The third-order valence-electron chi connectivity index (χ3n) is 6.56. The molecule has 1 heterocycles. The Kier molecular flexibility index (Phi) is 4.81. The summed E-state index contributed by atoms with van der Waals surface area (Å²) < 4.78 is 0. The molecular formula is C24H25N5O2. The van der Waals surface area contributed by atoms with Crippen LogP contribution in [-0.4, -0.2) is 10.6 Å². The molecule has 0 amide bonds. The number of anilines is 2. The Balaban J connectivity index is 1.47. The van der Waals surface area contributed by atoms with Crippen LogP contribution >= 0.6 is 0 Å². The first-order valence-corrected chi connectivity index (χ1v) is 10.8. The van der Waals surface area contributed by atoms with Gasteiger partial charge in [-0.05, 0) is 50.1 Å². The Hall–Kier alpha value is -3.48. The number of nitrogens with zero attached hydrogens (tertiary/aromatic N) is 3. The van der Waals surface area contributed by atoms with Crippen molar-refractivity contribution in [2.45, 2.75) is 44.7 Å². The van der Waals surface area contributed by atoms with Crippen molar-refractivity contribution in [1.82, 2.24) is 0 Å². The maximum atomic E-state index is 10.8. The van der Waals surface area contributed by atoms with Crippen LogP contribution in [0.25, 0.3) is 10.8 Å². The molecule has 2 aliphatic rings. The highest BCUT2D eigenvalue weighted by Crippen LogP contribution is 2.45. The van der Waals surface area contributed by atoms with Crippen molar-refractivity contribution < 1.29 is 4.92 Å². The van der Waals surface area contributed by atoms with E-state index in [1.165, 1.54) is 44.2 Å². The number of benzene rings is 3. The third kappa shape index (κ3) is 3.60. The largest absolute Gasteiger partial charge is 0.362 e.